The van der Waals surface area contributed by atoms with Gasteiger partial charge < -0.3 is 10.2 Å². The molecule has 0 spiro atoms. The molecule has 3 rings (SSSR count). The van der Waals surface area contributed by atoms with Crippen LogP contribution in [0.3, 0.4) is 0 Å². The number of hydrogen-bond acceptors (Lipinski definition) is 3. The van der Waals surface area contributed by atoms with Gasteiger partial charge in [0.25, 0.3) is 0 Å². The van der Waals surface area contributed by atoms with E-state index in [0.717, 1.165) is 5.56 Å². The van der Waals surface area contributed by atoms with Crippen molar-refractivity contribution in [2.45, 2.75) is 12.8 Å². The molecule has 0 saturated carbocycles. The number of nitriles is 1. The van der Waals surface area contributed by atoms with Gasteiger partial charge >= 0.3 is 0 Å². The minimum atomic E-state index is -0.444. The van der Waals surface area contributed by atoms with Crippen molar-refractivity contribution >= 4 is 29.1 Å². The number of nitrogens with one attached hydrogen (secondary N) is 1. The molecule has 0 unspecified atom stereocenters. The summed E-state index contributed by atoms with van der Waals surface area (Å²) < 4.78 is 12.9. The molecule has 7 heteroatoms. The Labute approximate surface area is 161 Å². The first-order valence-electron chi connectivity index (χ1n) is 8.49. The number of halogens is 2. The molecule has 1 N–H and O–H groups in total. The van der Waals surface area contributed by atoms with Crippen LogP contribution in [0.25, 0.3) is 0 Å². The number of carbonyl (C=O) groups excluding carboxylic acids is 2. The first-order valence-corrected chi connectivity index (χ1v) is 8.87. The van der Waals surface area contributed by atoms with Crippen LogP contribution >= 0.6 is 11.6 Å². The molecule has 1 aliphatic rings. The zero-order chi connectivity index (χ0) is 19.4. The van der Waals surface area contributed by atoms with Gasteiger partial charge in [-0.1, -0.05) is 23.7 Å². The van der Waals surface area contributed by atoms with E-state index < -0.39 is 5.92 Å². The molecular formula is C20H17ClFN3O2. The molecule has 138 valence electrons. The number of nitrogens with zero attached hydrogens (tertiary/aromatic N) is 2. The molecule has 0 aromatic heterocycles. The third kappa shape index (κ3) is 4.63. The van der Waals surface area contributed by atoms with Crippen molar-refractivity contribution in [1.82, 2.24) is 4.90 Å². The first kappa shape index (κ1) is 18.9. The van der Waals surface area contributed by atoms with E-state index in [9.17, 15) is 14.0 Å². The Kier molecular flexibility index (Phi) is 5.72. The third-order valence-electron chi connectivity index (χ3n) is 4.53. The minimum absolute atomic E-state index is 0.0740. The van der Waals surface area contributed by atoms with Gasteiger partial charge in [-0.25, -0.2) is 4.39 Å². The van der Waals surface area contributed by atoms with Gasteiger partial charge in [0.05, 0.1) is 16.5 Å². The summed E-state index contributed by atoms with van der Waals surface area (Å²) in [5.41, 5.74) is 1.75. The summed E-state index contributed by atoms with van der Waals surface area (Å²) >= 11 is 5.97. The maximum Gasteiger partial charge on any atom is 0.229 e. The van der Waals surface area contributed by atoms with Crippen LogP contribution in [0.15, 0.2) is 42.5 Å². The fourth-order valence-corrected chi connectivity index (χ4v) is 3.23. The second-order valence-corrected chi connectivity index (χ2v) is 6.82. The van der Waals surface area contributed by atoms with Crippen molar-refractivity contribution in [2.75, 3.05) is 18.4 Å². The summed E-state index contributed by atoms with van der Waals surface area (Å²) in [7, 11) is 0. The Bertz CT molecular complexity index is 908. The smallest absolute Gasteiger partial charge is 0.229 e. The lowest BCUT2D eigenvalue weighted by atomic mass is 10.1. The Morgan fingerprint density at radius 3 is 2.70 bits per heavy atom. The highest BCUT2D eigenvalue weighted by atomic mass is 35.5. The normalized spacial score (nSPS) is 16.3. The summed E-state index contributed by atoms with van der Waals surface area (Å²) in [4.78, 5) is 26.3. The molecule has 0 bridgehead atoms. The zero-order valence-corrected chi connectivity index (χ0v) is 15.2. The molecule has 5 nitrogen and oxygen atoms in total. The average molecular weight is 386 g/mol. The van der Waals surface area contributed by atoms with Crippen LogP contribution in [0.4, 0.5) is 10.1 Å². The molecule has 1 aliphatic heterocycles. The van der Waals surface area contributed by atoms with Crippen LogP contribution in [0.5, 0.6) is 0 Å². The molecule has 2 aromatic carbocycles. The van der Waals surface area contributed by atoms with E-state index in [0.29, 0.717) is 30.8 Å². The van der Waals surface area contributed by atoms with Crippen molar-refractivity contribution in [3.05, 3.63) is 64.4 Å². The topological polar surface area (TPSA) is 73.2 Å². The van der Waals surface area contributed by atoms with E-state index in [-0.39, 0.29) is 29.1 Å². The lowest BCUT2D eigenvalue weighted by Crippen LogP contribution is -2.30. The largest absolute Gasteiger partial charge is 0.342 e. The molecule has 1 atom stereocenters. The van der Waals surface area contributed by atoms with Gasteiger partial charge in [0.2, 0.25) is 11.8 Å². The summed E-state index contributed by atoms with van der Waals surface area (Å²) in [6.07, 6.45) is 0.755. The van der Waals surface area contributed by atoms with Gasteiger partial charge in [-0.3, -0.25) is 9.59 Å². The number of anilines is 1. The van der Waals surface area contributed by atoms with Gasteiger partial charge in [-0.05, 0) is 42.3 Å². The first-order chi connectivity index (χ1) is 13.0. The van der Waals surface area contributed by atoms with Crippen molar-refractivity contribution in [2.24, 2.45) is 5.92 Å². The van der Waals surface area contributed by atoms with E-state index in [1.54, 1.807) is 23.1 Å². The molecule has 1 fully saturated rings. The third-order valence-corrected chi connectivity index (χ3v) is 4.84. The number of hydrogen-bond donors (Lipinski definition) is 1. The van der Waals surface area contributed by atoms with Gasteiger partial charge in [0.1, 0.15) is 11.9 Å². The van der Waals surface area contributed by atoms with Crippen molar-refractivity contribution < 1.29 is 14.0 Å². The molecule has 27 heavy (non-hydrogen) atoms. The van der Waals surface area contributed by atoms with Crippen LogP contribution in [0.2, 0.25) is 5.02 Å². The van der Waals surface area contributed by atoms with Gasteiger partial charge in [0, 0.05) is 25.2 Å². The fourth-order valence-electron chi connectivity index (χ4n) is 3.01. The summed E-state index contributed by atoms with van der Waals surface area (Å²) in [6.45, 7) is 0.826. The fraction of sp³-hybridized carbons (Fsp3) is 0.250. The molecule has 1 saturated heterocycles. The Hall–Kier alpha value is -2.91. The van der Waals surface area contributed by atoms with E-state index in [4.69, 9.17) is 16.9 Å². The second-order valence-electron chi connectivity index (χ2n) is 6.41. The summed E-state index contributed by atoms with van der Waals surface area (Å²) in [5, 5.41) is 11.9. The van der Waals surface area contributed by atoms with E-state index in [2.05, 4.69) is 5.32 Å². The zero-order valence-electron chi connectivity index (χ0n) is 14.4. The number of amides is 2. The highest BCUT2D eigenvalue weighted by Crippen LogP contribution is 2.23. The Morgan fingerprint density at radius 1 is 1.30 bits per heavy atom. The number of carbonyl (C=O) groups is 2. The molecule has 2 amide bonds. The van der Waals surface area contributed by atoms with Crippen LogP contribution < -0.4 is 5.32 Å². The summed E-state index contributed by atoms with van der Waals surface area (Å²) in [5.74, 6) is -1.07. The number of benzene rings is 2. The number of likely N-dealkylation sites (tertiary alicyclic amines) is 1. The maximum atomic E-state index is 12.9. The highest BCUT2D eigenvalue weighted by Gasteiger charge is 2.34. The predicted molar refractivity (Wildman–Crippen MR) is 99.6 cm³/mol. The summed E-state index contributed by atoms with van der Waals surface area (Å²) in [6, 6.07) is 12.8. The van der Waals surface area contributed by atoms with E-state index >= 15 is 0 Å². The number of rotatable bonds is 5. The van der Waals surface area contributed by atoms with Crippen molar-refractivity contribution in [3.8, 4) is 6.07 Å². The lowest BCUT2D eigenvalue weighted by molar-refractivity contribution is -0.128. The molecule has 0 aliphatic carbocycles. The van der Waals surface area contributed by atoms with Crippen LogP contribution in [-0.4, -0.2) is 29.8 Å². The van der Waals surface area contributed by atoms with Gasteiger partial charge in [-0.15, -0.1) is 0 Å². The monoisotopic (exact) mass is 385 g/mol. The molecule has 1 heterocycles. The Morgan fingerprint density at radius 2 is 2.04 bits per heavy atom. The van der Waals surface area contributed by atoms with Crippen LogP contribution in [0.1, 0.15) is 17.5 Å². The van der Waals surface area contributed by atoms with Crippen LogP contribution in [0, 0.1) is 23.1 Å². The molecule has 0 radical (unpaired) electrons. The SMILES string of the molecule is N#Cc1ccc(NC(=O)[C@@H]2CC(=O)N(CCc3ccc(F)cc3)C2)cc1Cl. The highest BCUT2D eigenvalue weighted by molar-refractivity contribution is 6.32. The second kappa shape index (κ2) is 8.19. The van der Waals surface area contributed by atoms with Crippen molar-refractivity contribution in [1.29, 1.82) is 5.26 Å². The van der Waals surface area contributed by atoms with Crippen molar-refractivity contribution in [3.63, 3.8) is 0 Å². The molecule has 2 aromatic rings. The Balaban J connectivity index is 1.56. The van der Waals surface area contributed by atoms with Gasteiger partial charge in [0.15, 0.2) is 0 Å². The lowest BCUT2D eigenvalue weighted by Gasteiger charge is -2.16. The predicted octanol–water partition coefficient (Wildman–Crippen LogP) is 3.38. The van der Waals surface area contributed by atoms with E-state index in [1.165, 1.54) is 24.3 Å². The molecular weight excluding hydrogens is 369 g/mol. The van der Waals surface area contributed by atoms with E-state index in [1.807, 2.05) is 6.07 Å². The maximum absolute atomic E-state index is 12.9. The van der Waals surface area contributed by atoms with Gasteiger partial charge in [-0.2, -0.15) is 5.26 Å². The minimum Gasteiger partial charge on any atom is -0.342 e. The average Bonchev–Trinajstić information content (AvgIpc) is 3.02. The standard InChI is InChI=1S/C20H17ClFN3O2/c21-18-10-17(6-3-14(18)11-23)24-20(27)15-9-19(26)25(12-15)8-7-13-1-4-16(22)5-2-13/h1-6,10,15H,7-9,12H2,(H,24,27)/t15-/m1/s1. The van der Waals surface area contributed by atoms with Crippen LogP contribution in [-0.2, 0) is 16.0 Å². The quantitative estimate of drug-likeness (QED) is 0.857.